The molecule has 0 amide bonds. The average Bonchev–Trinajstić information content (AvgIpc) is 2.92. The Kier molecular flexibility index (Phi) is 15.1. The van der Waals surface area contributed by atoms with Gasteiger partial charge < -0.3 is 0 Å². The minimum atomic E-state index is -4.39. The minimum Gasteiger partial charge on any atom is -0.207 e. The molecule has 0 aliphatic carbocycles. The highest BCUT2D eigenvalue weighted by Crippen LogP contribution is 2.34. The summed E-state index contributed by atoms with van der Waals surface area (Å²) in [4.78, 5) is 0. The van der Waals surface area contributed by atoms with Gasteiger partial charge in [-0.1, -0.05) is 33.6 Å². The molecule has 4 rings (SSSR count). The van der Waals surface area contributed by atoms with Gasteiger partial charge in [0.25, 0.3) is 0 Å². The number of alkyl halides is 12. The standard InChI is InChI=1S/C9H9F3.C8H6BrF3.C8H6ClF3.C8H6F4/c1-6-3-4-8(5-7(6)2)9(10,11)12;2*1-5-4-6(8(10,11)12)2-3-7(5)9;1-5-4-6(9)2-3-7(5)8(10,11)12/h3-5H,1-2H3;3*2-4H,1H3. The Morgan fingerprint density at radius 3 is 1.23 bits per heavy atom. The smallest absolute Gasteiger partial charge is 0.207 e. The van der Waals surface area contributed by atoms with E-state index < -0.39 is 52.8 Å². The van der Waals surface area contributed by atoms with Crippen molar-refractivity contribution >= 4 is 27.5 Å². The van der Waals surface area contributed by atoms with E-state index in [-0.39, 0.29) is 5.56 Å². The molecule has 0 bridgehead atoms. The van der Waals surface area contributed by atoms with Crippen LogP contribution in [0, 0.1) is 40.4 Å². The lowest BCUT2D eigenvalue weighted by molar-refractivity contribution is -0.138. The molecule has 0 N–H and O–H groups in total. The number of hydrogen-bond acceptors (Lipinski definition) is 0. The van der Waals surface area contributed by atoms with Gasteiger partial charge in [-0.05, 0) is 129 Å². The lowest BCUT2D eigenvalue weighted by Gasteiger charge is -2.08. The van der Waals surface area contributed by atoms with Gasteiger partial charge in [-0.2, -0.15) is 52.7 Å². The van der Waals surface area contributed by atoms with Crippen LogP contribution >= 0.6 is 27.5 Å². The molecule has 0 aliphatic heterocycles. The molecule has 4 aromatic carbocycles. The van der Waals surface area contributed by atoms with E-state index in [4.69, 9.17) is 11.6 Å². The molecule has 15 heteroatoms. The van der Waals surface area contributed by atoms with E-state index in [1.807, 2.05) is 0 Å². The van der Waals surface area contributed by atoms with Crippen LogP contribution in [0.4, 0.5) is 57.1 Å². The molecular formula is C33H27BrClF13. The van der Waals surface area contributed by atoms with Gasteiger partial charge in [-0.3, -0.25) is 0 Å². The maximum absolute atomic E-state index is 12.4. The Labute approximate surface area is 281 Å². The summed E-state index contributed by atoms with van der Waals surface area (Å²) < 4.78 is 158. The summed E-state index contributed by atoms with van der Waals surface area (Å²) in [7, 11) is 0. The van der Waals surface area contributed by atoms with Gasteiger partial charge in [0.15, 0.2) is 0 Å². The van der Waals surface area contributed by atoms with Gasteiger partial charge in [-0.15, -0.1) is 0 Å². The van der Waals surface area contributed by atoms with Gasteiger partial charge in [0.1, 0.15) is 5.82 Å². The van der Waals surface area contributed by atoms with Crippen LogP contribution in [0.2, 0.25) is 5.02 Å². The zero-order valence-electron chi connectivity index (χ0n) is 25.6. The van der Waals surface area contributed by atoms with Crippen LogP contribution in [-0.4, -0.2) is 0 Å². The summed E-state index contributed by atoms with van der Waals surface area (Å²) in [5, 5.41) is 0.350. The highest BCUT2D eigenvalue weighted by atomic mass is 79.9. The van der Waals surface area contributed by atoms with Crippen molar-refractivity contribution < 1.29 is 57.1 Å². The van der Waals surface area contributed by atoms with Crippen molar-refractivity contribution in [1.29, 1.82) is 0 Å². The lowest BCUT2D eigenvalue weighted by Crippen LogP contribution is -2.07. The first-order valence-corrected chi connectivity index (χ1v) is 14.5. The van der Waals surface area contributed by atoms with E-state index >= 15 is 0 Å². The monoisotopic (exact) mass is 784 g/mol. The Balaban J connectivity index is 0.000000320. The van der Waals surface area contributed by atoms with Crippen LogP contribution in [0.25, 0.3) is 0 Å². The topological polar surface area (TPSA) is 0 Å². The van der Waals surface area contributed by atoms with Gasteiger partial charge in [0.05, 0.1) is 22.3 Å². The van der Waals surface area contributed by atoms with Crippen LogP contribution in [-0.2, 0) is 24.7 Å². The summed E-state index contributed by atoms with van der Waals surface area (Å²) in [5.74, 6) is -0.652. The molecule has 0 aromatic heterocycles. The van der Waals surface area contributed by atoms with E-state index in [1.165, 1.54) is 32.0 Å². The van der Waals surface area contributed by atoms with Crippen molar-refractivity contribution in [1.82, 2.24) is 0 Å². The quantitative estimate of drug-likeness (QED) is 0.156. The molecular weight excluding hydrogens is 759 g/mol. The van der Waals surface area contributed by atoms with Crippen molar-refractivity contribution in [3.8, 4) is 0 Å². The summed E-state index contributed by atoms with van der Waals surface area (Å²) in [6.45, 7) is 7.85. The molecule has 0 atom stereocenters. The summed E-state index contributed by atoms with van der Waals surface area (Å²) >= 11 is 8.69. The van der Waals surface area contributed by atoms with Crippen LogP contribution in [0.3, 0.4) is 0 Å². The lowest BCUT2D eigenvalue weighted by atomic mass is 10.1. The van der Waals surface area contributed by atoms with Gasteiger partial charge in [0, 0.05) is 9.50 Å². The van der Waals surface area contributed by atoms with Gasteiger partial charge in [0.2, 0.25) is 0 Å². The van der Waals surface area contributed by atoms with E-state index in [1.54, 1.807) is 20.8 Å². The Hall–Kier alpha value is -3.26. The Morgan fingerprint density at radius 1 is 0.438 bits per heavy atom. The zero-order valence-corrected chi connectivity index (χ0v) is 27.9. The molecule has 0 unspecified atom stereocenters. The van der Waals surface area contributed by atoms with Crippen LogP contribution in [0.15, 0.2) is 77.3 Å². The molecule has 0 saturated heterocycles. The van der Waals surface area contributed by atoms with Crippen molar-refractivity contribution in [2.45, 2.75) is 59.3 Å². The largest absolute Gasteiger partial charge is 0.416 e. The number of benzene rings is 4. The van der Waals surface area contributed by atoms with E-state index in [2.05, 4.69) is 15.9 Å². The average molecular weight is 786 g/mol. The molecule has 4 aromatic rings. The third-order valence-electron chi connectivity index (χ3n) is 6.30. The number of hydrogen-bond donors (Lipinski definition) is 0. The number of aryl methyl sites for hydroxylation is 5. The SMILES string of the molecule is Cc1cc(C(F)(F)F)ccc1Br.Cc1cc(C(F)(F)F)ccc1Cl.Cc1cc(F)ccc1C(F)(F)F.Cc1ccc(C(F)(F)F)cc1C. The normalized spacial score (nSPS) is 11.8. The zero-order chi connectivity index (χ0) is 37.4. The predicted molar refractivity (Wildman–Crippen MR) is 162 cm³/mol. The van der Waals surface area contributed by atoms with Crippen molar-refractivity contribution in [2.24, 2.45) is 0 Å². The molecule has 0 radical (unpaired) electrons. The molecule has 0 nitrogen and oxygen atoms in total. The highest BCUT2D eigenvalue weighted by Gasteiger charge is 2.33. The predicted octanol–water partition coefficient (Wildman–Crippen LogP) is 13.9. The van der Waals surface area contributed by atoms with Crippen LogP contribution < -0.4 is 0 Å². The molecule has 0 heterocycles. The molecule has 48 heavy (non-hydrogen) atoms. The third-order valence-corrected chi connectivity index (χ3v) is 7.61. The summed E-state index contributed by atoms with van der Waals surface area (Å²) in [6.07, 6.45) is -17.1. The molecule has 264 valence electrons. The van der Waals surface area contributed by atoms with E-state index in [9.17, 15) is 57.1 Å². The second kappa shape index (κ2) is 16.9. The molecule has 0 aliphatic rings. The first kappa shape index (κ1) is 42.8. The van der Waals surface area contributed by atoms with E-state index in [0.717, 1.165) is 60.2 Å². The number of halogens is 15. The summed E-state index contributed by atoms with van der Waals surface area (Å²) in [6, 6.07) is 13.0. The number of rotatable bonds is 0. The Bertz CT molecular complexity index is 1510. The fourth-order valence-corrected chi connectivity index (χ4v) is 3.87. The fraction of sp³-hybridized carbons (Fsp3) is 0.273. The Morgan fingerprint density at radius 2 is 0.854 bits per heavy atom. The van der Waals surface area contributed by atoms with Crippen LogP contribution in [0.1, 0.15) is 50.1 Å². The highest BCUT2D eigenvalue weighted by molar-refractivity contribution is 9.10. The van der Waals surface area contributed by atoms with E-state index in [0.29, 0.717) is 26.2 Å². The van der Waals surface area contributed by atoms with Crippen LogP contribution in [0.5, 0.6) is 0 Å². The van der Waals surface area contributed by atoms with Gasteiger partial charge >= 0.3 is 24.7 Å². The summed E-state index contributed by atoms with van der Waals surface area (Å²) in [5.41, 5.74) is -0.159. The molecule has 0 saturated carbocycles. The molecule has 0 fully saturated rings. The maximum atomic E-state index is 12.4. The van der Waals surface area contributed by atoms with Crippen molar-refractivity contribution in [2.75, 3.05) is 0 Å². The van der Waals surface area contributed by atoms with Crippen molar-refractivity contribution in [3.63, 3.8) is 0 Å². The van der Waals surface area contributed by atoms with Crippen molar-refractivity contribution in [3.05, 3.63) is 138 Å². The third kappa shape index (κ3) is 14.1. The fourth-order valence-electron chi connectivity index (χ4n) is 3.50. The second-order valence-electron chi connectivity index (χ2n) is 10.2. The second-order valence-corrected chi connectivity index (χ2v) is 11.4. The first-order chi connectivity index (χ1) is 21.6. The molecule has 0 spiro atoms. The van der Waals surface area contributed by atoms with Gasteiger partial charge in [-0.25, -0.2) is 4.39 Å². The maximum Gasteiger partial charge on any atom is 0.416 e. The minimum absolute atomic E-state index is 0.0949. The first-order valence-electron chi connectivity index (χ1n) is 13.3.